The van der Waals surface area contributed by atoms with Crippen molar-refractivity contribution in [3.05, 3.63) is 0 Å². The monoisotopic (exact) mass is 410 g/mol. The molecule has 0 aromatic carbocycles. The standard InChI is InChI=1S/C27H54O2/c1-3-5-7-9-10-11-12-13-14-15-16-17-18-19-20-21-22-24-26-29-27(28)25-23-8-6-4-2/h3-26H2,1-2H3. The quantitative estimate of drug-likeness (QED) is 0.117. The maximum atomic E-state index is 11.6. The van der Waals surface area contributed by atoms with Gasteiger partial charge in [-0.15, -0.1) is 0 Å². The van der Waals surface area contributed by atoms with Crippen molar-refractivity contribution in [1.29, 1.82) is 0 Å². The molecule has 0 aliphatic carbocycles. The third-order valence-corrected chi connectivity index (χ3v) is 6.00. The summed E-state index contributed by atoms with van der Waals surface area (Å²) in [6.45, 7) is 5.11. The molecule has 0 aliphatic heterocycles. The van der Waals surface area contributed by atoms with E-state index in [9.17, 15) is 4.79 Å². The molecular weight excluding hydrogens is 356 g/mol. The van der Waals surface area contributed by atoms with E-state index in [4.69, 9.17) is 4.74 Å². The second kappa shape index (κ2) is 25.5. The Morgan fingerprint density at radius 1 is 0.448 bits per heavy atom. The van der Waals surface area contributed by atoms with Crippen LogP contribution in [0.15, 0.2) is 0 Å². The predicted octanol–water partition coefficient (Wildman–Crippen LogP) is 9.54. The highest BCUT2D eigenvalue weighted by Gasteiger charge is 2.02. The zero-order valence-electron chi connectivity index (χ0n) is 20.3. The summed E-state index contributed by atoms with van der Waals surface area (Å²) in [4.78, 5) is 11.6. The van der Waals surface area contributed by atoms with E-state index < -0.39 is 0 Å². The number of carbonyl (C=O) groups is 1. The first-order chi connectivity index (χ1) is 14.3. The molecule has 0 unspecified atom stereocenters. The molecule has 0 radical (unpaired) electrons. The van der Waals surface area contributed by atoms with E-state index in [1.54, 1.807) is 0 Å². The summed E-state index contributed by atoms with van der Waals surface area (Å²) in [5.41, 5.74) is 0. The Bertz CT molecular complexity index is 314. The summed E-state index contributed by atoms with van der Waals surface area (Å²) in [6, 6.07) is 0. The summed E-state index contributed by atoms with van der Waals surface area (Å²) in [7, 11) is 0. The Morgan fingerprint density at radius 3 is 1.14 bits per heavy atom. The molecule has 0 heterocycles. The first kappa shape index (κ1) is 28.5. The molecular formula is C27H54O2. The van der Waals surface area contributed by atoms with Gasteiger partial charge < -0.3 is 4.74 Å². The van der Waals surface area contributed by atoms with Crippen LogP contribution in [0.25, 0.3) is 0 Å². The zero-order chi connectivity index (χ0) is 21.3. The molecule has 0 bridgehead atoms. The topological polar surface area (TPSA) is 26.3 Å². The van der Waals surface area contributed by atoms with Crippen LogP contribution >= 0.6 is 0 Å². The Hall–Kier alpha value is -0.530. The van der Waals surface area contributed by atoms with Gasteiger partial charge in [-0.25, -0.2) is 0 Å². The molecule has 29 heavy (non-hydrogen) atoms. The van der Waals surface area contributed by atoms with Gasteiger partial charge in [0.15, 0.2) is 0 Å². The third-order valence-electron chi connectivity index (χ3n) is 6.00. The van der Waals surface area contributed by atoms with Gasteiger partial charge in [-0.05, 0) is 12.8 Å². The Labute approximate surface area is 184 Å². The lowest BCUT2D eigenvalue weighted by molar-refractivity contribution is -0.143. The van der Waals surface area contributed by atoms with Crippen LogP contribution in [0.5, 0.6) is 0 Å². The van der Waals surface area contributed by atoms with E-state index in [0.717, 1.165) is 19.3 Å². The molecule has 0 aliphatic rings. The van der Waals surface area contributed by atoms with Crippen LogP contribution < -0.4 is 0 Å². The zero-order valence-corrected chi connectivity index (χ0v) is 20.3. The molecule has 0 amide bonds. The van der Waals surface area contributed by atoms with Gasteiger partial charge in [-0.1, -0.05) is 142 Å². The van der Waals surface area contributed by atoms with E-state index >= 15 is 0 Å². The fourth-order valence-corrected chi connectivity index (χ4v) is 3.96. The molecule has 0 aromatic heterocycles. The highest BCUT2D eigenvalue weighted by molar-refractivity contribution is 5.69. The summed E-state index contributed by atoms with van der Waals surface area (Å²) in [5.74, 6) is 0.00748. The van der Waals surface area contributed by atoms with Gasteiger partial charge in [-0.2, -0.15) is 0 Å². The highest BCUT2D eigenvalue weighted by Crippen LogP contribution is 2.14. The molecule has 2 heteroatoms. The van der Waals surface area contributed by atoms with Gasteiger partial charge in [0, 0.05) is 6.42 Å². The molecule has 0 rings (SSSR count). The van der Waals surface area contributed by atoms with E-state index in [2.05, 4.69) is 13.8 Å². The van der Waals surface area contributed by atoms with E-state index in [1.165, 1.54) is 122 Å². The lowest BCUT2D eigenvalue weighted by Crippen LogP contribution is -2.05. The minimum atomic E-state index is 0.00748. The first-order valence-corrected chi connectivity index (χ1v) is 13.5. The Kier molecular flexibility index (Phi) is 25.0. The largest absolute Gasteiger partial charge is 0.466 e. The van der Waals surface area contributed by atoms with Crippen molar-refractivity contribution in [3.63, 3.8) is 0 Å². The van der Waals surface area contributed by atoms with Crippen LogP contribution in [-0.2, 0) is 9.53 Å². The number of carbonyl (C=O) groups excluding carboxylic acids is 1. The average molecular weight is 411 g/mol. The van der Waals surface area contributed by atoms with Gasteiger partial charge in [0.1, 0.15) is 0 Å². The summed E-state index contributed by atoms with van der Waals surface area (Å²) < 4.78 is 5.31. The maximum absolute atomic E-state index is 11.6. The van der Waals surface area contributed by atoms with Crippen LogP contribution in [0, 0.1) is 0 Å². The van der Waals surface area contributed by atoms with E-state index in [0.29, 0.717) is 13.0 Å². The molecule has 0 atom stereocenters. The number of esters is 1. The fraction of sp³-hybridized carbons (Fsp3) is 0.963. The molecule has 2 nitrogen and oxygen atoms in total. The predicted molar refractivity (Wildman–Crippen MR) is 128 cm³/mol. The van der Waals surface area contributed by atoms with Crippen LogP contribution in [0.3, 0.4) is 0 Å². The van der Waals surface area contributed by atoms with Gasteiger partial charge in [0.2, 0.25) is 0 Å². The van der Waals surface area contributed by atoms with Crippen molar-refractivity contribution in [3.8, 4) is 0 Å². The maximum Gasteiger partial charge on any atom is 0.305 e. The smallest absolute Gasteiger partial charge is 0.305 e. The first-order valence-electron chi connectivity index (χ1n) is 13.5. The molecule has 0 fully saturated rings. The van der Waals surface area contributed by atoms with Crippen LogP contribution in [0.4, 0.5) is 0 Å². The summed E-state index contributed by atoms with van der Waals surface area (Å²) in [6.07, 6.45) is 30.2. The van der Waals surface area contributed by atoms with Crippen molar-refractivity contribution in [1.82, 2.24) is 0 Å². The molecule has 0 N–H and O–H groups in total. The second-order valence-electron chi connectivity index (χ2n) is 9.04. The van der Waals surface area contributed by atoms with Crippen LogP contribution in [0.2, 0.25) is 0 Å². The average Bonchev–Trinajstić information content (AvgIpc) is 2.73. The third kappa shape index (κ3) is 25.4. The van der Waals surface area contributed by atoms with Gasteiger partial charge in [-0.3, -0.25) is 4.79 Å². The number of rotatable bonds is 24. The Morgan fingerprint density at radius 2 is 0.759 bits per heavy atom. The van der Waals surface area contributed by atoms with Gasteiger partial charge in [0.05, 0.1) is 6.61 Å². The number of hydrogen-bond acceptors (Lipinski definition) is 2. The van der Waals surface area contributed by atoms with Crippen molar-refractivity contribution in [2.24, 2.45) is 0 Å². The SMILES string of the molecule is CCCCCCCCCCCCCCCCCCCCOC(=O)CCCCCC. The van der Waals surface area contributed by atoms with Gasteiger partial charge in [0.25, 0.3) is 0 Å². The van der Waals surface area contributed by atoms with Crippen molar-refractivity contribution in [2.75, 3.05) is 6.61 Å². The minimum absolute atomic E-state index is 0.00748. The lowest BCUT2D eigenvalue weighted by atomic mass is 10.0. The fourth-order valence-electron chi connectivity index (χ4n) is 3.96. The minimum Gasteiger partial charge on any atom is -0.466 e. The molecule has 0 saturated carbocycles. The number of unbranched alkanes of at least 4 members (excludes halogenated alkanes) is 20. The van der Waals surface area contributed by atoms with E-state index in [-0.39, 0.29) is 5.97 Å². The summed E-state index contributed by atoms with van der Waals surface area (Å²) in [5, 5.41) is 0. The lowest BCUT2D eigenvalue weighted by Gasteiger charge is -2.05. The normalized spacial score (nSPS) is 11.1. The second-order valence-corrected chi connectivity index (χ2v) is 9.04. The van der Waals surface area contributed by atoms with E-state index in [1.807, 2.05) is 0 Å². The van der Waals surface area contributed by atoms with Crippen molar-refractivity contribution in [2.45, 2.75) is 162 Å². The van der Waals surface area contributed by atoms with Crippen LogP contribution in [0.1, 0.15) is 162 Å². The van der Waals surface area contributed by atoms with Crippen molar-refractivity contribution >= 4 is 5.97 Å². The highest BCUT2D eigenvalue weighted by atomic mass is 16.5. The number of hydrogen-bond donors (Lipinski definition) is 0. The molecule has 174 valence electrons. The number of ether oxygens (including phenoxy) is 1. The Balaban J connectivity index is 3.07. The summed E-state index contributed by atoms with van der Waals surface area (Å²) >= 11 is 0. The van der Waals surface area contributed by atoms with Crippen molar-refractivity contribution < 1.29 is 9.53 Å². The molecule has 0 saturated heterocycles. The molecule has 0 spiro atoms. The van der Waals surface area contributed by atoms with Gasteiger partial charge >= 0.3 is 5.97 Å². The van der Waals surface area contributed by atoms with Crippen LogP contribution in [-0.4, -0.2) is 12.6 Å². The molecule has 0 aromatic rings.